The molecule has 0 saturated heterocycles. The predicted molar refractivity (Wildman–Crippen MR) is 53.5 cm³/mol. The summed E-state index contributed by atoms with van der Waals surface area (Å²) >= 11 is 0. The number of aliphatic hydroxyl groups excluding tert-OH is 2. The Kier molecular flexibility index (Phi) is 3.23. The van der Waals surface area contributed by atoms with E-state index in [2.05, 4.69) is 4.98 Å². The molecule has 0 bridgehead atoms. The third kappa shape index (κ3) is 2.64. The number of amides is 1. The summed E-state index contributed by atoms with van der Waals surface area (Å²) in [6, 6.07) is 3.13. The van der Waals surface area contributed by atoms with Crippen LogP contribution in [0, 0.1) is 6.92 Å². The Morgan fingerprint density at radius 2 is 2.07 bits per heavy atom. The lowest BCUT2D eigenvalue weighted by Crippen LogP contribution is -2.34. The summed E-state index contributed by atoms with van der Waals surface area (Å²) < 4.78 is 0. The van der Waals surface area contributed by atoms with Gasteiger partial charge in [-0.25, -0.2) is 4.98 Å². The van der Waals surface area contributed by atoms with Gasteiger partial charge in [0.25, 0.3) is 0 Å². The number of hydrogen-bond donors (Lipinski definition) is 4. The van der Waals surface area contributed by atoms with Crippen LogP contribution < -0.4 is 11.5 Å². The molecule has 0 radical (unpaired) electrons. The average molecular weight is 211 g/mol. The fraction of sp³-hybridized carbons (Fsp3) is 0.333. The first kappa shape index (κ1) is 11.4. The molecular formula is C9H13N3O3. The molecular weight excluding hydrogens is 198 g/mol. The smallest absolute Gasteiger partial charge is 0.249 e. The molecule has 0 spiro atoms. The zero-order valence-electron chi connectivity index (χ0n) is 8.21. The van der Waals surface area contributed by atoms with Gasteiger partial charge in [0.1, 0.15) is 11.9 Å². The Labute approximate surface area is 86.5 Å². The van der Waals surface area contributed by atoms with Crippen LogP contribution in [-0.4, -0.2) is 27.2 Å². The van der Waals surface area contributed by atoms with Gasteiger partial charge in [0.2, 0.25) is 5.91 Å². The maximum absolute atomic E-state index is 10.6. The molecule has 1 aromatic heterocycles. The number of hydrogen-bond acceptors (Lipinski definition) is 5. The number of pyridine rings is 1. The first-order chi connectivity index (χ1) is 6.91. The van der Waals surface area contributed by atoms with Gasteiger partial charge in [-0.15, -0.1) is 0 Å². The van der Waals surface area contributed by atoms with Gasteiger partial charge in [0, 0.05) is 0 Å². The van der Waals surface area contributed by atoms with Gasteiger partial charge in [-0.2, -0.15) is 0 Å². The van der Waals surface area contributed by atoms with E-state index in [0.717, 1.165) is 5.56 Å². The van der Waals surface area contributed by atoms with Crippen molar-refractivity contribution in [2.75, 3.05) is 5.73 Å². The highest BCUT2D eigenvalue weighted by molar-refractivity contribution is 5.79. The molecule has 15 heavy (non-hydrogen) atoms. The number of aromatic nitrogens is 1. The van der Waals surface area contributed by atoms with Crippen molar-refractivity contribution in [3.8, 4) is 0 Å². The average Bonchev–Trinajstić information content (AvgIpc) is 2.13. The molecule has 2 atom stereocenters. The molecule has 82 valence electrons. The van der Waals surface area contributed by atoms with Crippen LogP contribution >= 0.6 is 0 Å². The van der Waals surface area contributed by atoms with E-state index in [1.807, 2.05) is 0 Å². The van der Waals surface area contributed by atoms with Gasteiger partial charge < -0.3 is 21.7 Å². The van der Waals surface area contributed by atoms with Crippen LogP contribution in [0.1, 0.15) is 17.4 Å². The largest absolute Gasteiger partial charge is 0.384 e. The number of carbonyl (C=O) groups excluding carboxylic acids is 1. The van der Waals surface area contributed by atoms with Crippen LogP contribution in [0.3, 0.4) is 0 Å². The summed E-state index contributed by atoms with van der Waals surface area (Å²) in [5.74, 6) is -0.801. The molecule has 6 heteroatoms. The number of nitrogen functional groups attached to an aromatic ring is 1. The number of nitrogens with zero attached hydrogens (tertiary/aromatic N) is 1. The molecule has 1 aromatic rings. The minimum absolute atomic E-state index is 0.124. The lowest BCUT2D eigenvalue weighted by atomic mass is 10.1. The maximum atomic E-state index is 10.6. The second-order valence-corrected chi connectivity index (χ2v) is 3.29. The van der Waals surface area contributed by atoms with Gasteiger partial charge in [0.05, 0.1) is 5.69 Å². The van der Waals surface area contributed by atoms with Crippen LogP contribution in [0.2, 0.25) is 0 Å². The van der Waals surface area contributed by atoms with Gasteiger partial charge in [0.15, 0.2) is 6.10 Å². The third-order valence-electron chi connectivity index (χ3n) is 1.90. The highest BCUT2D eigenvalue weighted by Gasteiger charge is 2.24. The van der Waals surface area contributed by atoms with E-state index in [4.69, 9.17) is 11.5 Å². The Morgan fingerprint density at radius 1 is 1.47 bits per heavy atom. The van der Waals surface area contributed by atoms with E-state index in [-0.39, 0.29) is 11.5 Å². The van der Waals surface area contributed by atoms with Crippen molar-refractivity contribution in [2.45, 2.75) is 19.1 Å². The van der Waals surface area contributed by atoms with Gasteiger partial charge in [-0.1, -0.05) is 0 Å². The number of aliphatic hydroxyl groups is 2. The van der Waals surface area contributed by atoms with E-state index < -0.39 is 18.1 Å². The Morgan fingerprint density at radius 3 is 2.53 bits per heavy atom. The molecule has 1 amide bonds. The molecule has 2 unspecified atom stereocenters. The van der Waals surface area contributed by atoms with Gasteiger partial charge >= 0.3 is 0 Å². The lowest BCUT2D eigenvalue weighted by molar-refractivity contribution is -0.132. The van der Waals surface area contributed by atoms with Crippen LogP contribution in [0.4, 0.5) is 5.82 Å². The maximum Gasteiger partial charge on any atom is 0.249 e. The molecule has 0 saturated carbocycles. The normalized spacial score (nSPS) is 14.6. The van der Waals surface area contributed by atoms with Crippen molar-refractivity contribution in [1.82, 2.24) is 4.98 Å². The van der Waals surface area contributed by atoms with Crippen molar-refractivity contribution >= 4 is 11.7 Å². The lowest BCUT2D eigenvalue weighted by Gasteiger charge is -2.14. The summed E-state index contributed by atoms with van der Waals surface area (Å²) in [4.78, 5) is 14.4. The van der Waals surface area contributed by atoms with Crippen molar-refractivity contribution in [3.63, 3.8) is 0 Å². The standard InChI is InChI=1S/C9H13N3O3/c1-4-2-5(12-6(10)3-4)7(13)8(14)9(11)15/h2-3,7-8,13-14H,1H3,(H2,10,12)(H2,11,15). The van der Waals surface area contributed by atoms with Crippen molar-refractivity contribution in [2.24, 2.45) is 5.73 Å². The van der Waals surface area contributed by atoms with Gasteiger partial charge in [-0.3, -0.25) is 4.79 Å². The number of carbonyl (C=O) groups is 1. The predicted octanol–water partition coefficient (Wildman–Crippen LogP) is -1.15. The van der Waals surface area contributed by atoms with E-state index in [1.54, 1.807) is 13.0 Å². The zero-order chi connectivity index (χ0) is 11.6. The highest BCUT2D eigenvalue weighted by Crippen LogP contribution is 2.17. The van der Waals surface area contributed by atoms with Crippen LogP contribution in [0.25, 0.3) is 0 Å². The van der Waals surface area contributed by atoms with E-state index in [1.165, 1.54) is 6.07 Å². The fourth-order valence-corrected chi connectivity index (χ4v) is 1.19. The topological polar surface area (TPSA) is 122 Å². The number of nitrogens with two attached hydrogens (primary N) is 2. The quantitative estimate of drug-likeness (QED) is 0.503. The highest BCUT2D eigenvalue weighted by atomic mass is 16.3. The van der Waals surface area contributed by atoms with Crippen LogP contribution in [-0.2, 0) is 4.79 Å². The summed E-state index contributed by atoms with van der Waals surface area (Å²) in [6.07, 6.45) is -3.14. The zero-order valence-corrected chi connectivity index (χ0v) is 8.21. The second kappa shape index (κ2) is 4.24. The van der Waals surface area contributed by atoms with Crippen molar-refractivity contribution in [1.29, 1.82) is 0 Å². The first-order valence-electron chi connectivity index (χ1n) is 4.31. The Balaban J connectivity index is 3.00. The molecule has 6 N–H and O–H groups in total. The number of anilines is 1. The van der Waals surface area contributed by atoms with E-state index in [9.17, 15) is 15.0 Å². The molecule has 0 aromatic carbocycles. The molecule has 0 aliphatic rings. The second-order valence-electron chi connectivity index (χ2n) is 3.29. The number of aryl methyl sites for hydroxylation is 1. The number of rotatable bonds is 3. The summed E-state index contributed by atoms with van der Waals surface area (Å²) in [6.45, 7) is 1.75. The Hall–Kier alpha value is -1.66. The SMILES string of the molecule is Cc1cc(N)nc(C(O)C(O)C(N)=O)c1. The van der Waals surface area contributed by atoms with E-state index >= 15 is 0 Å². The summed E-state index contributed by atoms with van der Waals surface area (Å²) in [5, 5.41) is 18.8. The minimum Gasteiger partial charge on any atom is -0.384 e. The Bertz CT molecular complexity index is 361. The van der Waals surface area contributed by atoms with Crippen LogP contribution in [0.5, 0.6) is 0 Å². The van der Waals surface area contributed by atoms with Crippen LogP contribution in [0.15, 0.2) is 12.1 Å². The summed E-state index contributed by atoms with van der Waals surface area (Å²) in [7, 11) is 0. The third-order valence-corrected chi connectivity index (χ3v) is 1.90. The monoisotopic (exact) mass is 211 g/mol. The minimum atomic E-state index is -1.68. The van der Waals surface area contributed by atoms with Crippen molar-refractivity contribution < 1.29 is 15.0 Å². The fourth-order valence-electron chi connectivity index (χ4n) is 1.19. The molecule has 6 nitrogen and oxygen atoms in total. The molecule has 1 heterocycles. The molecule has 0 aliphatic heterocycles. The van der Waals surface area contributed by atoms with Crippen molar-refractivity contribution in [3.05, 3.63) is 23.4 Å². The molecule has 1 rings (SSSR count). The molecule has 0 fully saturated rings. The molecule has 0 aliphatic carbocycles. The van der Waals surface area contributed by atoms with E-state index in [0.29, 0.717) is 0 Å². The first-order valence-corrected chi connectivity index (χ1v) is 4.31. The van der Waals surface area contributed by atoms with Gasteiger partial charge in [-0.05, 0) is 24.6 Å². The number of primary amides is 1. The summed E-state index contributed by atoms with van der Waals surface area (Å²) in [5.41, 5.74) is 11.2.